The van der Waals surface area contributed by atoms with Crippen molar-refractivity contribution in [2.45, 2.75) is 53.4 Å². The molecule has 0 heteroatoms. The smallest absolute Gasteiger partial charge is 0.00550 e. The van der Waals surface area contributed by atoms with Gasteiger partial charge in [0.1, 0.15) is 0 Å². The molecule has 0 aromatic heterocycles. The highest BCUT2D eigenvalue weighted by molar-refractivity contribution is 5.84. The van der Waals surface area contributed by atoms with E-state index in [1.807, 2.05) is 0 Å². The number of hydrogen-bond donors (Lipinski definition) is 0. The Balaban J connectivity index is 2.12. The van der Waals surface area contributed by atoms with Crippen LogP contribution in [0.3, 0.4) is 0 Å². The number of fused-ring (bicyclic) bond motifs is 1. The van der Waals surface area contributed by atoms with Gasteiger partial charge in [-0.25, -0.2) is 0 Å². The molecule has 2 aromatic rings. The molecule has 0 saturated heterocycles. The largest absolute Gasteiger partial charge is 0.0654 e. The molecule has 114 valence electrons. The van der Waals surface area contributed by atoms with Crippen LogP contribution in [-0.4, -0.2) is 0 Å². The minimum atomic E-state index is 1.15. The van der Waals surface area contributed by atoms with E-state index in [0.29, 0.717) is 0 Å². The minimum Gasteiger partial charge on any atom is -0.0654 e. The summed E-state index contributed by atoms with van der Waals surface area (Å²) < 4.78 is 0. The van der Waals surface area contributed by atoms with E-state index in [4.69, 9.17) is 0 Å². The molecule has 1 aliphatic rings. The van der Waals surface area contributed by atoms with Gasteiger partial charge in [-0.05, 0) is 79.0 Å². The lowest BCUT2D eigenvalue weighted by Gasteiger charge is -2.15. The van der Waals surface area contributed by atoms with Crippen LogP contribution in [0.5, 0.6) is 0 Å². The highest BCUT2D eigenvalue weighted by atomic mass is 14.2. The Kier molecular flexibility index (Phi) is 4.20. The van der Waals surface area contributed by atoms with Crippen molar-refractivity contribution in [3.63, 3.8) is 0 Å². The lowest BCUT2D eigenvalue weighted by molar-refractivity contribution is 0.779. The van der Waals surface area contributed by atoms with Crippen molar-refractivity contribution in [3.8, 4) is 11.1 Å². The zero-order valence-corrected chi connectivity index (χ0v) is 14.3. The summed E-state index contributed by atoms with van der Waals surface area (Å²) in [7, 11) is 0. The van der Waals surface area contributed by atoms with Gasteiger partial charge < -0.3 is 0 Å². The zero-order valence-electron chi connectivity index (χ0n) is 14.3. The van der Waals surface area contributed by atoms with Gasteiger partial charge in [-0.3, -0.25) is 0 Å². The van der Waals surface area contributed by atoms with Gasteiger partial charge in [0.05, 0.1) is 0 Å². The molecule has 0 unspecified atom stereocenters. The molecule has 22 heavy (non-hydrogen) atoms. The average Bonchev–Trinajstić information content (AvgIpc) is 2.92. The van der Waals surface area contributed by atoms with Gasteiger partial charge >= 0.3 is 0 Å². The fraction of sp³-hybridized carbons (Fsp3) is 0.364. The first-order valence-corrected chi connectivity index (χ1v) is 8.50. The van der Waals surface area contributed by atoms with Crippen LogP contribution in [0.2, 0.25) is 0 Å². The summed E-state index contributed by atoms with van der Waals surface area (Å²) in [5.74, 6) is 0. The van der Waals surface area contributed by atoms with E-state index in [1.165, 1.54) is 52.6 Å². The Morgan fingerprint density at radius 1 is 0.909 bits per heavy atom. The highest BCUT2D eigenvalue weighted by Crippen LogP contribution is 2.39. The highest BCUT2D eigenvalue weighted by Gasteiger charge is 2.19. The predicted molar refractivity (Wildman–Crippen MR) is 97.3 cm³/mol. The summed E-state index contributed by atoms with van der Waals surface area (Å²) >= 11 is 0. The number of hydrogen-bond acceptors (Lipinski definition) is 0. The Morgan fingerprint density at radius 3 is 2.32 bits per heavy atom. The standard InChI is InChI=1S/C22H26/c1-5-6-10-18-13-20-15(2)11-12-19(21(20)14-18)22-16(3)8-7-9-17(22)4/h7-9,11-12,14H,5-6,10,13H2,1-4H3. The molecule has 0 nitrogen and oxygen atoms in total. The molecule has 0 aliphatic heterocycles. The second-order valence-electron chi connectivity index (χ2n) is 6.67. The van der Waals surface area contributed by atoms with E-state index in [-0.39, 0.29) is 0 Å². The summed E-state index contributed by atoms with van der Waals surface area (Å²) in [6.45, 7) is 8.98. The first-order chi connectivity index (χ1) is 10.6. The molecule has 0 radical (unpaired) electrons. The second kappa shape index (κ2) is 6.12. The monoisotopic (exact) mass is 290 g/mol. The summed E-state index contributed by atoms with van der Waals surface area (Å²) in [5.41, 5.74) is 11.7. The molecule has 0 spiro atoms. The number of allylic oxidation sites excluding steroid dienone is 1. The quantitative estimate of drug-likeness (QED) is 0.610. The fourth-order valence-corrected chi connectivity index (χ4v) is 3.68. The van der Waals surface area contributed by atoms with Crippen molar-refractivity contribution in [1.29, 1.82) is 0 Å². The molecule has 0 fully saturated rings. The first kappa shape index (κ1) is 15.1. The lowest BCUT2D eigenvalue weighted by Crippen LogP contribution is -1.95. The summed E-state index contributed by atoms with van der Waals surface area (Å²) in [6, 6.07) is 11.2. The van der Waals surface area contributed by atoms with E-state index in [2.05, 4.69) is 64.1 Å². The second-order valence-corrected chi connectivity index (χ2v) is 6.67. The molecule has 2 aromatic carbocycles. The van der Waals surface area contributed by atoms with Crippen LogP contribution < -0.4 is 0 Å². The average molecular weight is 290 g/mol. The number of benzene rings is 2. The molecule has 3 rings (SSSR count). The van der Waals surface area contributed by atoms with E-state index in [9.17, 15) is 0 Å². The molecular formula is C22H26. The maximum atomic E-state index is 2.47. The van der Waals surface area contributed by atoms with Gasteiger partial charge in [0, 0.05) is 0 Å². The molecule has 0 amide bonds. The Bertz CT molecular complexity index is 712. The van der Waals surface area contributed by atoms with Gasteiger partial charge in [-0.2, -0.15) is 0 Å². The number of rotatable bonds is 4. The Hall–Kier alpha value is -1.82. The van der Waals surface area contributed by atoms with Crippen molar-refractivity contribution in [1.82, 2.24) is 0 Å². The number of unbranched alkanes of at least 4 members (excludes halogenated alkanes) is 1. The maximum Gasteiger partial charge on any atom is -0.00550 e. The first-order valence-electron chi connectivity index (χ1n) is 8.50. The summed E-state index contributed by atoms with van der Waals surface area (Å²) in [5, 5.41) is 0. The maximum absolute atomic E-state index is 2.47. The Labute approximate surface area is 134 Å². The van der Waals surface area contributed by atoms with Gasteiger partial charge in [0.2, 0.25) is 0 Å². The van der Waals surface area contributed by atoms with E-state index in [1.54, 1.807) is 11.1 Å². The number of aryl methyl sites for hydroxylation is 3. The van der Waals surface area contributed by atoms with Crippen molar-refractivity contribution in [2.24, 2.45) is 0 Å². The van der Waals surface area contributed by atoms with Crippen molar-refractivity contribution < 1.29 is 0 Å². The third-order valence-corrected chi connectivity index (χ3v) is 4.95. The van der Waals surface area contributed by atoms with E-state index in [0.717, 1.165) is 6.42 Å². The summed E-state index contributed by atoms with van der Waals surface area (Å²) in [4.78, 5) is 0. The van der Waals surface area contributed by atoms with Crippen molar-refractivity contribution >= 4 is 6.08 Å². The predicted octanol–water partition coefficient (Wildman–Crippen LogP) is 6.41. The fourth-order valence-electron chi connectivity index (χ4n) is 3.68. The molecule has 1 aliphatic carbocycles. The van der Waals surface area contributed by atoms with Gasteiger partial charge in [0.25, 0.3) is 0 Å². The molecular weight excluding hydrogens is 264 g/mol. The van der Waals surface area contributed by atoms with Gasteiger partial charge in [-0.15, -0.1) is 0 Å². The van der Waals surface area contributed by atoms with Crippen LogP contribution in [0.25, 0.3) is 17.2 Å². The molecule has 0 N–H and O–H groups in total. The third kappa shape index (κ3) is 2.63. The van der Waals surface area contributed by atoms with Crippen LogP contribution in [-0.2, 0) is 6.42 Å². The van der Waals surface area contributed by atoms with Gasteiger partial charge in [0.15, 0.2) is 0 Å². The Morgan fingerprint density at radius 2 is 1.64 bits per heavy atom. The van der Waals surface area contributed by atoms with Crippen LogP contribution in [0.1, 0.15) is 54.0 Å². The van der Waals surface area contributed by atoms with Crippen molar-refractivity contribution in [2.75, 3.05) is 0 Å². The molecule has 0 heterocycles. The summed E-state index contributed by atoms with van der Waals surface area (Å²) in [6.07, 6.45) is 7.45. The molecule has 0 saturated carbocycles. The lowest BCUT2D eigenvalue weighted by atomic mass is 9.89. The molecule has 0 atom stereocenters. The third-order valence-electron chi connectivity index (χ3n) is 4.95. The minimum absolute atomic E-state index is 1.15. The van der Waals surface area contributed by atoms with Crippen molar-refractivity contribution in [3.05, 3.63) is 63.7 Å². The van der Waals surface area contributed by atoms with Crippen LogP contribution >= 0.6 is 0 Å². The zero-order chi connectivity index (χ0) is 15.7. The van der Waals surface area contributed by atoms with Crippen LogP contribution in [0.15, 0.2) is 35.9 Å². The van der Waals surface area contributed by atoms with E-state index >= 15 is 0 Å². The van der Waals surface area contributed by atoms with Crippen LogP contribution in [0, 0.1) is 20.8 Å². The molecule has 0 bridgehead atoms. The normalized spacial score (nSPS) is 13.2. The SMILES string of the molecule is CCCCC1=Cc2c(-c3c(C)cccc3C)ccc(C)c2C1. The topological polar surface area (TPSA) is 0 Å². The van der Waals surface area contributed by atoms with Gasteiger partial charge in [-0.1, -0.05) is 55.3 Å². The van der Waals surface area contributed by atoms with E-state index < -0.39 is 0 Å². The van der Waals surface area contributed by atoms with Crippen LogP contribution in [0.4, 0.5) is 0 Å².